The number of imide groups is 1. The summed E-state index contributed by atoms with van der Waals surface area (Å²) >= 11 is 0. The lowest BCUT2D eigenvalue weighted by molar-refractivity contribution is -0.135. The highest BCUT2D eigenvalue weighted by molar-refractivity contribution is 6.04. The van der Waals surface area contributed by atoms with Crippen LogP contribution in [-0.4, -0.2) is 64.9 Å². The van der Waals surface area contributed by atoms with Crippen LogP contribution in [0.4, 0.5) is 4.79 Å². The van der Waals surface area contributed by atoms with Crippen LogP contribution in [0.3, 0.4) is 0 Å². The van der Waals surface area contributed by atoms with Crippen LogP contribution in [0.25, 0.3) is 0 Å². The van der Waals surface area contributed by atoms with Gasteiger partial charge in [-0.25, -0.2) is 4.79 Å². The first-order valence-electron chi connectivity index (χ1n) is 9.01. The third-order valence-electron chi connectivity index (χ3n) is 5.06. The molecule has 0 aliphatic carbocycles. The van der Waals surface area contributed by atoms with Gasteiger partial charge in [0, 0.05) is 31.4 Å². The molecular formula is C18H25N5O3. The number of amides is 4. The summed E-state index contributed by atoms with van der Waals surface area (Å²) in [6.07, 6.45) is 5.88. The fourth-order valence-corrected chi connectivity index (χ4v) is 3.49. The van der Waals surface area contributed by atoms with Gasteiger partial charge in [-0.2, -0.15) is 0 Å². The van der Waals surface area contributed by atoms with Gasteiger partial charge in [-0.05, 0) is 57.1 Å². The van der Waals surface area contributed by atoms with E-state index in [1.807, 2.05) is 17.0 Å². The highest BCUT2D eigenvalue weighted by atomic mass is 16.2. The molecule has 2 fully saturated rings. The zero-order valence-electron chi connectivity index (χ0n) is 15.0. The van der Waals surface area contributed by atoms with Crippen molar-refractivity contribution in [2.45, 2.75) is 44.3 Å². The summed E-state index contributed by atoms with van der Waals surface area (Å²) < 4.78 is 0. The summed E-state index contributed by atoms with van der Waals surface area (Å²) in [5, 5.41) is 4.75. The van der Waals surface area contributed by atoms with Crippen LogP contribution in [0, 0.1) is 0 Å². The van der Waals surface area contributed by atoms with Crippen LogP contribution in [0.2, 0.25) is 0 Å². The number of hydrogen-bond donors (Lipinski definition) is 2. The lowest BCUT2D eigenvalue weighted by atomic mass is 10.0. The van der Waals surface area contributed by atoms with E-state index in [1.165, 1.54) is 0 Å². The molecule has 2 aliphatic heterocycles. The molecule has 2 aliphatic rings. The Kier molecular flexibility index (Phi) is 5.82. The van der Waals surface area contributed by atoms with Gasteiger partial charge in [0.1, 0.15) is 6.04 Å². The van der Waals surface area contributed by atoms with Gasteiger partial charge < -0.3 is 15.1 Å². The Morgan fingerprint density at radius 1 is 1.27 bits per heavy atom. The number of rotatable bonds is 6. The van der Waals surface area contributed by atoms with Crippen molar-refractivity contribution in [1.82, 2.24) is 25.4 Å². The number of hydrogen-bond acceptors (Lipinski definition) is 5. The molecule has 0 aromatic carbocycles. The second-order valence-electron chi connectivity index (χ2n) is 6.97. The van der Waals surface area contributed by atoms with Crippen LogP contribution in [0.15, 0.2) is 24.5 Å². The lowest BCUT2D eigenvalue weighted by Crippen LogP contribution is -2.46. The van der Waals surface area contributed by atoms with Gasteiger partial charge in [-0.15, -0.1) is 0 Å². The summed E-state index contributed by atoms with van der Waals surface area (Å²) in [5.74, 6) is -0.340. The number of likely N-dealkylation sites (tertiary alicyclic amines) is 1. The second-order valence-corrected chi connectivity index (χ2v) is 6.97. The van der Waals surface area contributed by atoms with Gasteiger partial charge in [0.25, 0.3) is 5.91 Å². The van der Waals surface area contributed by atoms with E-state index in [0.29, 0.717) is 13.0 Å². The summed E-state index contributed by atoms with van der Waals surface area (Å²) in [5.41, 5.74) is 1.04. The first-order chi connectivity index (χ1) is 12.5. The first-order valence-corrected chi connectivity index (χ1v) is 9.01. The predicted molar refractivity (Wildman–Crippen MR) is 95.0 cm³/mol. The molecular weight excluding hydrogens is 334 g/mol. The van der Waals surface area contributed by atoms with Crippen molar-refractivity contribution in [2.75, 3.05) is 20.1 Å². The van der Waals surface area contributed by atoms with E-state index in [9.17, 15) is 14.4 Å². The van der Waals surface area contributed by atoms with Gasteiger partial charge in [0.05, 0.1) is 0 Å². The van der Waals surface area contributed by atoms with E-state index < -0.39 is 12.1 Å². The predicted octanol–water partition coefficient (Wildman–Crippen LogP) is 0.493. The highest BCUT2D eigenvalue weighted by Crippen LogP contribution is 2.20. The largest absolute Gasteiger partial charge is 0.335 e. The second kappa shape index (κ2) is 8.27. The fourth-order valence-electron chi connectivity index (χ4n) is 3.49. The third-order valence-corrected chi connectivity index (χ3v) is 5.06. The number of urea groups is 1. The SMILES string of the molecule is CN1CCC(N(Cc2ccncc2)C(=O)CC[C@H]2NC(=O)NC2=O)CC1. The maximum Gasteiger partial charge on any atom is 0.322 e. The van der Waals surface area contributed by atoms with Gasteiger partial charge in [0.15, 0.2) is 0 Å². The number of nitrogens with one attached hydrogen (secondary N) is 2. The van der Waals surface area contributed by atoms with Crippen molar-refractivity contribution in [3.63, 3.8) is 0 Å². The average Bonchev–Trinajstić information content (AvgIpc) is 2.97. The van der Waals surface area contributed by atoms with E-state index in [1.54, 1.807) is 12.4 Å². The van der Waals surface area contributed by atoms with Crippen LogP contribution in [0.1, 0.15) is 31.2 Å². The molecule has 1 aromatic rings. The molecule has 140 valence electrons. The molecule has 8 heteroatoms. The third kappa shape index (κ3) is 4.57. The van der Waals surface area contributed by atoms with Crippen molar-refractivity contribution >= 4 is 17.8 Å². The quantitative estimate of drug-likeness (QED) is 0.721. The molecule has 2 N–H and O–H groups in total. The summed E-state index contributed by atoms with van der Waals surface area (Å²) in [6, 6.07) is 2.92. The molecule has 0 bridgehead atoms. The minimum absolute atomic E-state index is 0.0188. The van der Waals surface area contributed by atoms with Gasteiger partial charge in [-0.1, -0.05) is 0 Å². The summed E-state index contributed by atoms with van der Waals surface area (Å²) in [6.45, 7) is 2.47. The normalized spacial score (nSPS) is 21.3. The Morgan fingerprint density at radius 3 is 2.58 bits per heavy atom. The van der Waals surface area contributed by atoms with Crippen LogP contribution >= 0.6 is 0 Å². The van der Waals surface area contributed by atoms with Gasteiger partial charge in [-0.3, -0.25) is 19.9 Å². The zero-order valence-corrected chi connectivity index (χ0v) is 15.0. The van der Waals surface area contributed by atoms with Gasteiger partial charge in [0.2, 0.25) is 5.91 Å². The molecule has 0 spiro atoms. The molecule has 8 nitrogen and oxygen atoms in total. The molecule has 3 rings (SSSR count). The van der Waals surface area contributed by atoms with E-state index >= 15 is 0 Å². The highest BCUT2D eigenvalue weighted by Gasteiger charge is 2.32. The molecule has 1 aromatic heterocycles. The number of aromatic nitrogens is 1. The number of pyridine rings is 1. The molecule has 3 heterocycles. The Morgan fingerprint density at radius 2 is 1.96 bits per heavy atom. The zero-order chi connectivity index (χ0) is 18.5. The van der Waals surface area contributed by atoms with E-state index in [0.717, 1.165) is 31.5 Å². The molecule has 0 unspecified atom stereocenters. The molecule has 4 amide bonds. The molecule has 2 saturated heterocycles. The monoisotopic (exact) mass is 359 g/mol. The van der Waals surface area contributed by atoms with E-state index in [2.05, 4.69) is 27.6 Å². The molecule has 1 atom stereocenters. The maximum absolute atomic E-state index is 12.9. The average molecular weight is 359 g/mol. The standard InChI is InChI=1S/C18H25N5O3/c1-22-10-6-14(7-11-22)23(12-13-4-8-19-9-5-13)16(24)3-2-15-17(25)21-18(26)20-15/h4-5,8-9,14-15H,2-3,6-7,10-12H2,1H3,(H2,20,21,25,26)/t15-/m1/s1. The minimum atomic E-state index is -0.619. The molecule has 26 heavy (non-hydrogen) atoms. The Hall–Kier alpha value is -2.48. The first kappa shape index (κ1) is 18.3. The lowest BCUT2D eigenvalue weighted by Gasteiger charge is -2.37. The van der Waals surface area contributed by atoms with Gasteiger partial charge >= 0.3 is 6.03 Å². The smallest absolute Gasteiger partial charge is 0.322 e. The van der Waals surface area contributed by atoms with Crippen molar-refractivity contribution < 1.29 is 14.4 Å². The van der Waals surface area contributed by atoms with Crippen molar-refractivity contribution in [3.8, 4) is 0 Å². The van der Waals surface area contributed by atoms with Crippen molar-refractivity contribution in [1.29, 1.82) is 0 Å². The summed E-state index contributed by atoms with van der Waals surface area (Å²) in [7, 11) is 2.09. The number of carbonyl (C=O) groups is 3. The Balaban J connectivity index is 1.64. The number of carbonyl (C=O) groups excluding carboxylic acids is 3. The van der Waals surface area contributed by atoms with E-state index in [4.69, 9.17) is 0 Å². The van der Waals surface area contributed by atoms with Crippen molar-refractivity contribution in [3.05, 3.63) is 30.1 Å². The molecule has 0 radical (unpaired) electrons. The Labute approximate surface area is 152 Å². The summed E-state index contributed by atoms with van der Waals surface area (Å²) in [4.78, 5) is 44.0. The van der Waals surface area contributed by atoms with Crippen LogP contribution in [-0.2, 0) is 16.1 Å². The molecule has 0 saturated carbocycles. The fraction of sp³-hybridized carbons (Fsp3) is 0.556. The Bertz CT molecular complexity index is 658. The van der Waals surface area contributed by atoms with Crippen LogP contribution in [0.5, 0.6) is 0 Å². The maximum atomic E-state index is 12.9. The number of piperidine rings is 1. The topological polar surface area (TPSA) is 94.6 Å². The minimum Gasteiger partial charge on any atom is -0.335 e. The van der Waals surface area contributed by atoms with E-state index in [-0.39, 0.29) is 24.3 Å². The van der Waals surface area contributed by atoms with Crippen LogP contribution < -0.4 is 10.6 Å². The van der Waals surface area contributed by atoms with Crippen molar-refractivity contribution in [2.24, 2.45) is 0 Å². The number of nitrogens with zero attached hydrogens (tertiary/aromatic N) is 3.